The third-order valence-electron chi connectivity index (χ3n) is 4.68. The van der Waals surface area contributed by atoms with E-state index in [2.05, 4.69) is 20.1 Å². The summed E-state index contributed by atoms with van der Waals surface area (Å²) in [5.41, 5.74) is 1.32. The standard InChI is InChI=1S/C19H24N4O2S/c1-13(24)15-8-10-16(11-9-15)20-18(25)12-26-19-22-21-14(2)23(19)17-6-4-3-5-7-17/h8-11,17H,3-7,12H2,1-2H3,(H,20,25). The molecule has 1 aliphatic rings. The van der Waals surface area contributed by atoms with Crippen molar-refractivity contribution in [3.05, 3.63) is 35.7 Å². The summed E-state index contributed by atoms with van der Waals surface area (Å²) in [6, 6.07) is 7.37. The molecule has 1 aromatic heterocycles. The first kappa shape index (κ1) is 18.6. The van der Waals surface area contributed by atoms with Crippen LogP contribution in [0.4, 0.5) is 5.69 Å². The second-order valence-electron chi connectivity index (χ2n) is 6.66. The number of nitrogens with zero attached hydrogens (tertiary/aromatic N) is 3. The van der Waals surface area contributed by atoms with E-state index >= 15 is 0 Å². The van der Waals surface area contributed by atoms with Crippen LogP contribution in [-0.2, 0) is 4.79 Å². The number of thioether (sulfide) groups is 1. The van der Waals surface area contributed by atoms with Crippen molar-refractivity contribution in [2.75, 3.05) is 11.1 Å². The highest BCUT2D eigenvalue weighted by Gasteiger charge is 2.21. The van der Waals surface area contributed by atoms with Crippen LogP contribution in [0.25, 0.3) is 0 Å². The van der Waals surface area contributed by atoms with Crippen LogP contribution in [0.2, 0.25) is 0 Å². The Kier molecular flexibility index (Phi) is 6.08. The van der Waals surface area contributed by atoms with Crippen LogP contribution < -0.4 is 5.32 Å². The second kappa shape index (κ2) is 8.49. The van der Waals surface area contributed by atoms with Crippen molar-refractivity contribution < 1.29 is 9.59 Å². The molecular weight excluding hydrogens is 348 g/mol. The molecule has 2 aromatic rings. The summed E-state index contributed by atoms with van der Waals surface area (Å²) in [6.45, 7) is 3.50. The van der Waals surface area contributed by atoms with E-state index in [-0.39, 0.29) is 17.4 Å². The molecule has 1 aromatic carbocycles. The van der Waals surface area contributed by atoms with E-state index in [1.165, 1.54) is 37.9 Å². The zero-order chi connectivity index (χ0) is 18.5. The predicted octanol–water partition coefficient (Wildman–Crippen LogP) is 4.03. The van der Waals surface area contributed by atoms with Crippen molar-refractivity contribution in [1.29, 1.82) is 0 Å². The van der Waals surface area contributed by atoms with Crippen LogP contribution >= 0.6 is 11.8 Å². The van der Waals surface area contributed by atoms with Gasteiger partial charge in [-0.25, -0.2) is 0 Å². The van der Waals surface area contributed by atoms with Crippen molar-refractivity contribution in [2.24, 2.45) is 0 Å². The van der Waals surface area contributed by atoms with Crippen molar-refractivity contribution in [3.63, 3.8) is 0 Å². The van der Waals surface area contributed by atoms with Gasteiger partial charge in [0, 0.05) is 17.3 Å². The number of nitrogens with one attached hydrogen (secondary N) is 1. The second-order valence-corrected chi connectivity index (χ2v) is 7.60. The number of rotatable bonds is 6. The fourth-order valence-electron chi connectivity index (χ4n) is 3.32. The van der Waals surface area contributed by atoms with Crippen molar-refractivity contribution >= 4 is 29.1 Å². The van der Waals surface area contributed by atoms with Gasteiger partial charge in [0.1, 0.15) is 5.82 Å². The van der Waals surface area contributed by atoms with Gasteiger partial charge in [-0.05, 0) is 51.0 Å². The minimum absolute atomic E-state index is 0.0100. The number of ketones is 1. The van der Waals surface area contributed by atoms with Crippen molar-refractivity contribution in [3.8, 4) is 0 Å². The zero-order valence-electron chi connectivity index (χ0n) is 15.2. The minimum atomic E-state index is -0.0959. The lowest BCUT2D eigenvalue weighted by atomic mass is 9.95. The Balaban J connectivity index is 1.58. The lowest BCUT2D eigenvalue weighted by molar-refractivity contribution is -0.113. The summed E-state index contributed by atoms with van der Waals surface area (Å²) in [7, 11) is 0. The highest BCUT2D eigenvalue weighted by Crippen LogP contribution is 2.32. The predicted molar refractivity (Wildman–Crippen MR) is 103 cm³/mol. The molecule has 0 aliphatic heterocycles. The minimum Gasteiger partial charge on any atom is -0.325 e. The Bertz CT molecular complexity index is 779. The molecule has 1 amide bonds. The molecule has 1 aliphatic carbocycles. The van der Waals surface area contributed by atoms with E-state index in [9.17, 15) is 9.59 Å². The number of carbonyl (C=O) groups excluding carboxylic acids is 2. The van der Waals surface area contributed by atoms with Gasteiger partial charge in [0.05, 0.1) is 5.75 Å². The number of hydrogen-bond donors (Lipinski definition) is 1. The maximum Gasteiger partial charge on any atom is 0.234 e. The number of amides is 1. The maximum atomic E-state index is 12.2. The van der Waals surface area contributed by atoms with Crippen LogP contribution in [-0.4, -0.2) is 32.2 Å². The van der Waals surface area contributed by atoms with Gasteiger partial charge in [-0.15, -0.1) is 10.2 Å². The van der Waals surface area contributed by atoms with Gasteiger partial charge in [-0.1, -0.05) is 31.0 Å². The van der Waals surface area contributed by atoms with E-state index < -0.39 is 0 Å². The Morgan fingerprint density at radius 2 is 1.85 bits per heavy atom. The first-order valence-corrected chi connectivity index (χ1v) is 9.98. The van der Waals surface area contributed by atoms with E-state index in [0.29, 0.717) is 17.3 Å². The topological polar surface area (TPSA) is 76.9 Å². The first-order chi connectivity index (χ1) is 12.5. The highest BCUT2D eigenvalue weighted by molar-refractivity contribution is 7.99. The average molecular weight is 372 g/mol. The molecule has 0 bridgehead atoms. The molecule has 1 N–H and O–H groups in total. The number of benzene rings is 1. The van der Waals surface area contributed by atoms with E-state index in [0.717, 1.165) is 23.8 Å². The molecule has 138 valence electrons. The van der Waals surface area contributed by atoms with E-state index in [1.807, 2.05) is 6.92 Å². The monoisotopic (exact) mass is 372 g/mol. The molecule has 0 radical (unpaired) electrons. The molecule has 1 heterocycles. The van der Waals surface area contributed by atoms with Crippen LogP contribution in [0, 0.1) is 6.92 Å². The zero-order valence-corrected chi connectivity index (χ0v) is 16.0. The largest absolute Gasteiger partial charge is 0.325 e. The van der Waals surface area contributed by atoms with Gasteiger partial charge in [0.2, 0.25) is 5.91 Å². The maximum absolute atomic E-state index is 12.2. The molecule has 7 heteroatoms. The third-order valence-corrected chi connectivity index (χ3v) is 5.63. The van der Waals surface area contributed by atoms with Gasteiger partial charge in [0.15, 0.2) is 10.9 Å². The van der Waals surface area contributed by atoms with Crippen molar-refractivity contribution in [2.45, 2.75) is 57.1 Å². The Morgan fingerprint density at radius 3 is 2.50 bits per heavy atom. The van der Waals surface area contributed by atoms with Crippen LogP contribution in [0.1, 0.15) is 61.3 Å². The van der Waals surface area contributed by atoms with E-state index in [4.69, 9.17) is 0 Å². The van der Waals surface area contributed by atoms with Gasteiger partial charge >= 0.3 is 0 Å². The molecule has 6 nitrogen and oxygen atoms in total. The number of hydrogen-bond acceptors (Lipinski definition) is 5. The van der Waals surface area contributed by atoms with Crippen molar-refractivity contribution in [1.82, 2.24) is 14.8 Å². The molecule has 0 atom stereocenters. The number of anilines is 1. The van der Waals surface area contributed by atoms with Crippen LogP contribution in [0.3, 0.4) is 0 Å². The van der Waals surface area contributed by atoms with Gasteiger partial charge in [-0.2, -0.15) is 0 Å². The van der Waals surface area contributed by atoms with Crippen LogP contribution in [0.5, 0.6) is 0 Å². The number of aromatic nitrogens is 3. The van der Waals surface area contributed by atoms with Gasteiger partial charge in [-0.3, -0.25) is 9.59 Å². The molecule has 0 unspecified atom stereocenters. The first-order valence-electron chi connectivity index (χ1n) is 9.00. The third kappa shape index (κ3) is 4.52. The number of aryl methyl sites for hydroxylation is 1. The summed E-state index contributed by atoms with van der Waals surface area (Å²) < 4.78 is 2.19. The summed E-state index contributed by atoms with van der Waals surface area (Å²) in [5.74, 6) is 1.11. The highest BCUT2D eigenvalue weighted by atomic mass is 32.2. The SMILES string of the molecule is CC(=O)c1ccc(NC(=O)CSc2nnc(C)n2C2CCCCC2)cc1. The molecule has 26 heavy (non-hydrogen) atoms. The lowest BCUT2D eigenvalue weighted by Gasteiger charge is -2.24. The summed E-state index contributed by atoms with van der Waals surface area (Å²) in [6.07, 6.45) is 6.08. The Labute approximate surface area is 157 Å². The number of carbonyl (C=O) groups is 2. The average Bonchev–Trinajstić information content (AvgIpc) is 3.02. The van der Waals surface area contributed by atoms with Gasteiger partial charge in [0.25, 0.3) is 0 Å². The molecule has 1 fully saturated rings. The quantitative estimate of drug-likeness (QED) is 0.612. The fourth-order valence-corrected chi connectivity index (χ4v) is 4.17. The molecule has 0 spiro atoms. The van der Waals surface area contributed by atoms with E-state index in [1.54, 1.807) is 24.3 Å². The normalized spacial score (nSPS) is 15.0. The fraction of sp³-hybridized carbons (Fsp3) is 0.474. The number of Topliss-reactive ketones (excluding diaryl/α,β-unsaturated/α-hetero) is 1. The Hall–Kier alpha value is -2.15. The lowest BCUT2D eigenvalue weighted by Crippen LogP contribution is -2.17. The van der Waals surface area contributed by atoms with Crippen LogP contribution in [0.15, 0.2) is 29.4 Å². The Morgan fingerprint density at radius 1 is 1.15 bits per heavy atom. The molecule has 3 rings (SSSR count). The summed E-state index contributed by atoms with van der Waals surface area (Å²) in [4.78, 5) is 23.5. The smallest absolute Gasteiger partial charge is 0.234 e. The summed E-state index contributed by atoms with van der Waals surface area (Å²) in [5, 5.41) is 12.1. The van der Waals surface area contributed by atoms with Gasteiger partial charge < -0.3 is 9.88 Å². The molecular formula is C19H24N4O2S. The molecule has 0 saturated heterocycles. The summed E-state index contributed by atoms with van der Waals surface area (Å²) >= 11 is 1.42. The molecule has 1 saturated carbocycles.